The van der Waals surface area contributed by atoms with Gasteiger partial charge in [0.2, 0.25) is 0 Å². The van der Waals surface area contributed by atoms with Crippen LogP contribution >= 0.6 is 38.5 Å². The first-order valence-electron chi connectivity index (χ1n) is 5.72. The molecule has 0 saturated carbocycles. The van der Waals surface area contributed by atoms with E-state index in [-0.39, 0.29) is 6.04 Å². The summed E-state index contributed by atoms with van der Waals surface area (Å²) in [4.78, 5) is 0. The Kier molecular flexibility index (Phi) is 4.74. The van der Waals surface area contributed by atoms with Crippen LogP contribution in [0.4, 0.5) is 0 Å². The fourth-order valence-corrected chi connectivity index (χ4v) is 2.85. The van der Waals surface area contributed by atoms with E-state index in [0.29, 0.717) is 0 Å². The van der Waals surface area contributed by atoms with Crippen molar-refractivity contribution in [3.8, 4) is 0 Å². The van der Waals surface area contributed by atoms with Gasteiger partial charge >= 0.3 is 0 Å². The van der Waals surface area contributed by atoms with E-state index in [1.807, 2.05) is 16.8 Å². The number of benzene rings is 1. The van der Waals surface area contributed by atoms with E-state index >= 15 is 0 Å². The van der Waals surface area contributed by atoms with Gasteiger partial charge in [0.15, 0.2) is 0 Å². The van der Waals surface area contributed by atoms with E-state index in [0.717, 1.165) is 32.3 Å². The molecule has 0 radical (unpaired) electrons. The fourth-order valence-electron chi connectivity index (χ4n) is 1.80. The summed E-state index contributed by atoms with van der Waals surface area (Å²) in [5.74, 6) is 0. The van der Waals surface area contributed by atoms with Crippen LogP contribution < -0.4 is 5.73 Å². The van der Waals surface area contributed by atoms with Crippen molar-refractivity contribution >= 4 is 38.5 Å². The highest BCUT2D eigenvalue weighted by atomic mass is 127. The predicted octanol–water partition coefficient (Wildman–Crippen LogP) is 3.10. The zero-order valence-corrected chi connectivity index (χ0v) is 13.7. The van der Waals surface area contributed by atoms with Crippen molar-refractivity contribution < 1.29 is 0 Å². The molecule has 18 heavy (non-hydrogen) atoms. The molecule has 1 aromatic heterocycles. The van der Waals surface area contributed by atoms with Gasteiger partial charge in [-0.3, -0.25) is 0 Å². The maximum Gasteiger partial charge on any atom is 0.0800 e. The van der Waals surface area contributed by atoms with Gasteiger partial charge in [-0.2, -0.15) is 0 Å². The van der Waals surface area contributed by atoms with Crippen LogP contribution in [0.15, 0.2) is 28.9 Å². The molecule has 0 spiro atoms. The van der Waals surface area contributed by atoms with Crippen LogP contribution in [0.5, 0.6) is 0 Å². The lowest BCUT2D eigenvalue weighted by Gasteiger charge is -2.15. The van der Waals surface area contributed by atoms with E-state index in [2.05, 4.69) is 61.8 Å². The molecular weight excluding hydrogens is 407 g/mol. The minimum atomic E-state index is -0.198. The average molecular weight is 421 g/mol. The molecule has 2 rings (SSSR count). The summed E-state index contributed by atoms with van der Waals surface area (Å²) in [7, 11) is 0. The Hall–Kier alpha value is -0.470. The molecule has 0 saturated heterocycles. The molecule has 96 valence electrons. The highest BCUT2D eigenvalue weighted by molar-refractivity contribution is 14.1. The van der Waals surface area contributed by atoms with Gasteiger partial charge in [-0.25, -0.2) is 4.68 Å². The molecule has 1 atom stereocenters. The van der Waals surface area contributed by atoms with Crippen molar-refractivity contribution in [2.24, 2.45) is 5.73 Å². The second kappa shape index (κ2) is 6.12. The molecule has 2 N–H and O–H groups in total. The van der Waals surface area contributed by atoms with Crippen LogP contribution in [-0.2, 0) is 6.54 Å². The molecule has 2 aromatic rings. The van der Waals surface area contributed by atoms with Crippen LogP contribution in [0.3, 0.4) is 0 Å². The van der Waals surface area contributed by atoms with Crippen molar-refractivity contribution in [3.05, 3.63) is 43.7 Å². The Morgan fingerprint density at radius 3 is 3.00 bits per heavy atom. The monoisotopic (exact) mass is 420 g/mol. The van der Waals surface area contributed by atoms with Crippen molar-refractivity contribution in [1.82, 2.24) is 15.0 Å². The Bertz CT molecular complexity index is 541. The first-order chi connectivity index (χ1) is 8.63. The van der Waals surface area contributed by atoms with Crippen LogP contribution in [0, 0.1) is 3.57 Å². The van der Waals surface area contributed by atoms with Crippen molar-refractivity contribution in [1.29, 1.82) is 0 Å². The lowest BCUT2D eigenvalue weighted by atomic mass is 10.1. The maximum absolute atomic E-state index is 6.34. The summed E-state index contributed by atoms with van der Waals surface area (Å²) in [6.07, 6.45) is 2.76. The van der Waals surface area contributed by atoms with Gasteiger partial charge in [-0.05, 0) is 52.8 Å². The molecule has 0 aliphatic rings. The van der Waals surface area contributed by atoms with E-state index in [4.69, 9.17) is 5.73 Å². The number of aromatic nitrogens is 3. The third-order valence-corrected chi connectivity index (χ3v) is 4.17. The lowest BCUT2D eigenvalue weighted by Crippen LogP contribution is -2.18. The number of rotatable bonds is 4. The van der Waals surface area contributed by atoms with Crippen LogP contribution in [0.25, 0.3) is 0 Å². The van der Waals surface area contributed by atoms with E-state index < -0.39 is 0 Å². The first-order valence-corrected chi connectivity index (χ1v) is 7.59. The quantitative estimate of drug-likeness (QED) is 0.773. The second-order valence-electron chi connectivity index (χ2n) is 4.03. The Labute approximate surface area is 128 Å². The number of hydrogen-bond acceptors (Lipinski definition) is 3. The molecular formula is C12H14BrIN4. The molecule has 0 aliphatic heterocycles. The molecule has 1 aromatic carbocycles. The number of aryl methyl sites for hydroxylation is 1. The third kappa shape index (κ3) is 2.92. The number of nitrogens with zero attached hydrogens (tertiary/aromatic N) is 3. The van der Waals surface area contributed by atoms with Gasteiger partial charge in [0, 0.05) is 14.6 Å². The van der Waals surface area contributed by atoms with E-state index in [1.165, 1.54) is 0 Å². The van der Waals surface area contributed by atoms with Gasteiger partial charge in [-0.1, -0.05) is 28.1 Å². The number of nitrogens with two attached hydrogens (primary N) is 1. The lowest BCUT2D eigenvalue weighted by molar-refractivity contribution is 0.543. The van der Waals surface area contributed by atoms with Crippen molar-refractivity contribution in [2.75, 3.05) is 0 Å². The summed E-state index contributed by atoms with van der Waals surface area (Å²) >= 11 is 5.78. The zero-order chi connectivity index (χ0) is 13.1. The third-order valence-electron chi connectivity index (χ3n) is 2.69. The predicted molar refractivity (Wildman–Crippen MR) is 83.2 cm³/mol. The average Bonchev–Trinajstić information content (AvgIpc) is 2.80. The smallest absolute Gasteiger partial charge is 0.0800 e. The highest BCUT2D eigenvalue weighted by Crippen LogP contribution is 2.26. The SMILES string of the molecule is CCCn1nncc1C(N)c1cc(Br)ccc1I. The molecule has 1 unspecified atom stereocenters. The number of hydrogen-bond donors (Lipinski definition) is 1. The topological polar surface area (TPSA) is 56.7 Å². The molecule has 4 nitrogen and oxygen atoms in total. The summed E-state index contributed by atoms with van der Waals surface area (Å²) in [6, 6.07) is 5.92. The molecule has 0 amide bonds. The Morgan fingerprint density at radius 2 is 2.28 bits per heavy atom. The summed E-state index contributed by atoms with van der Waals surface area (Å²) in [5, 5.41) is 8.04. The van der Waals surface area contributed by atoms with Gasteiger partial charge in [0.1, 0.15) is 0 Å². The van der Waals surface area contributed by atoms with Gasteiger partial charge < -0.3 is 5.73 Å². The second-order valence-corrected chi connectivity index (χ2v) is 6.10. The summed E-state index contributed by atoms with van der Waals surface area (Å²) < 4.78 is 4.05. The molecule has 1 heterocycles. The maximum atomic E-state index is 6.34. The minimum Gasteiger partial charge on any atom is -0.319 e. The van der Waals surface area contributed by atoms with Crippen LogP contribution in [-0.4, -0.2) is 15.0 Å². The Balaban J connectivity index is 2.38. The van der Waals surface area contributed by atoms with Crippen LogP contribution in [0.2, 0.25) is 0 Å². The largest absolute Gasteiger partial charge is 0.319 e. The normalized spacial score (nSPS) is 12.7. The summed E-state index contributed by atoms with van der Waals surface area (Å²) in [6.45, 7) is 2.95. The van der Waals surface area contributed by atoms with Crippen molar-refractivity contribution in [2.45, 2.75) is 25.9 Å². The molecule has 0 aliphatic carbocycles. The molecule has 0 fully saturated rings. The van der Waals surface area contributed by atoms with Gasteiger partial charge in [-0.15, -0.1) is 5.10 Å². The van der Waals surface area contributed by atoms with Gasteiger partial charge in [0.05, 0.1) is 17.9 Å². The van der Waals surface area contributed by atoms with Gasteiger partial charge in [0.25, 0.3) is 0 Å². The minimum absolute atomic E-state index is 0.198. The highest BCUT2D eigenvalue weighted by Gasteiger charge is 2.17. The zero-order valence-electron chi connectivity index (χ0n) is 9.98. The Morgan fingerprint density at radius 1 is 1.50 bits per heavy atom. The first kappa shape index (κ1) is 14.0. The van der Waals surface area contributed by atoms with Crippen LogP contribution in [0.1, 0.15) is 30.6 Å². The van der Waals surface area contributed by atoms with E-state index in [9.17, 15) is 0 Å². The standard InChI is InChI=1S/C12H14BrIN4/c1-2-5-18-11(7-16-17-18)12(15)9-6-8(13)3-4-10(9)14/h3-4,6-7,12H,2,5,15H2,1H3. The fraction of sp³-hybridized carbons (Fsp3) is 0.333. The molecule has 0 bridgehead atoms. The van der Waals surface area contributed by atoms with E-state index in [1.54, 1.807) is 6.20 Å². The number of halogens is 2. The summed E-state index contributed by atoms with van der Waals surface area (Å²) in [5.41, 5.74) is 8.37. The van der Waals surface area contributed by atoms with Crippen molar-refractivity contribution in [3.63, 3.8) is 0 Å². The molecule has 6 heteroatoms.